The van der Waals surface area contributed by atoms with Crippen LogP contribution in [0.5, 0.6) is 0 Å². The standard InChI is InChI=1S/C17H22F2N2O4/c1-4-8-21(9-13(22)23)17(25)15(10(2)3)20-16(24)14-11(18)6-5-7-12(14)19/h5-7,10,15H,4,8-9H2,1-3H3,(H,20,24)(H,22,23). The molecular weight excluding hydrogens is 334 g/mol. The van der Waals surface area contributed by atoms with E-state index in [2.05, 4.69) is 5.32 Å². The topological polar surface area (TPSA) is 86.7 Å². The van der Waals surface area contributed by atoms with E-state index < -0.39 is 53.5 Å². The van der Waals surface area contributed by atoms with Crippen molar-refractivity contribution in [1.82, 2.24) is 10.2 Å². The zero-order valence-corrected chi connectivity index (χ0v) is 14.4. The molecule has 1 unspecified atom stereocenters. The fourth-order valence-electron chi connectivity index (χ4n) is 2.34. The van der Waals surface area contributed by atoms with Gasteiger partial charge in [-0.25, -0.2) is 8.78 Å². The van der Waals surface area contributed by atoms with E-state index in [0.29, 0.717) is 6.42 Å². The number of aliphatic carboxylic acids is 1. The van der Waals surface area contributed by atoms with Crippen LogP contribution in [0.2, 0.25) is 0 Å². The third kappa shape index (κ3) is 5.51. The van der Waals surface area contributed by atoms with E-state index in [1.54, 1.807) is 20.8 Å². The largest absolute Gasteiger partial charge is 0.480 e. The summed E-state index contributed by atoms with van der Waals surface area (Å²) >= 11 is 0. The Morgan fingerprint density at radius 1 is 1.20 bits per heavy atom. The monoisotopic (exact) mass is 356 g/mol. The van der Waals surface area contributed by atoms with Gasteiger partial charge in [0.2, 0.25) is 5.91 Å². The quantitative estimate of drug-likeness (QED) is 0.746. The van der Waals surface area contributed by atoms with Crippen LogP contribution in [0.15, 0.2) is 18.2 Å². The van der Waals surface area contributed by atoms with E-state index in [0.717, 1.165) is 23.1 Å². The van der Waals surface area contributed by atoms with Gasteiger partial charge in [0.1, 0.15) is 29.8 Å². The smallest absolute Gasteiger partial charge is 0.323 e. The maximum Gasteiger partial charge on any atom is 0.323 e. The number of nitrogens with one attached hydrogen (secondary N) is 1. The Kier molecular flexibility index (Phi) is 7.47. The Balaban J connectivity index is 3.05. The normalized spacial score (nSPS) is 11.9. The predicted octanol–water partition coefficient (Wildman–Crippen LogP) is 2.04. The lowest BCUT2D eigenvalue weighted by Gasteiger charge is -2.28. The summed E-state index contributed by atoms with van der Waals surface area (Å²) in [4.78, 5) is 36.9. The zero-order valence-electron chi connectivity index (χ0n) is 14.4. The number of hydrogen-bond acceptors (Lipinski definition) is 3. The first-order valence-electron chi connectivity index (χ1n) is 7.94. The van der Waals surface area contributed by atoms with Gasteiger partial charge in [-0.15, -0.1) is 0 Å². The minimum Gasteiger partial charge on any atom is -0.480 e. The van der Waals surface area contributed by atoms with Gasteiger partial charge in [0.25, 0.3) is 5.91 Å². The van der Waals surface area contributed by atoms with Gasteiger partial charge >= 0.3 is 5.97 Å². The molecule has 6 nitrogen and oxygen atoms in total. The molecule has 1 aromatic rings. The summed E-state index contributed by atoms with van der Waals surface area (Å²) < 4.78 is 27.5. The summed E-state index contributed by atoms with van der Waals surface area (Å²) in [5, 5.41) is 11.3. The van der Waals surface area contributed by atoms with Crippen molar-refractivity contribution in [2.45, 2.75) is 33.2 Å². The molecule has 0 saturated carbocycles. The second-order valence-electron chi connectivity index (χ2n) is 5.95. The number of carboxylic acid groups (broad SMARTS) is 1. The number of hydrogen-bond donors (Lipinski definition) is 2. The van der Waals surface area contributed by atoms with E-state index in [1.165, 1.54) is 0 Å². The van der Waals surface area contributed by atoms with Gasteiger partial charge in [-0.1, -0.05) is 26.8 Å². The van der Waals surface area contributed by atoms with Gasteiger partial charge in [-0.05, 0) is 24.5 Å². The van der Waals surface area contributed by atoms with Crippen LogP contribution in [0, 0.1) is 17.6 Å². The SMILES string of the molecule is CCCN(CC(=O)O)C(=O)C(NC(=O)c1c(F)cccc1F)C(C)C. The van der Waals surface area contributed by atoms with Crippen molar-refractivity contribution in [1.29, 1.82) is 0 Å². The molecule has 0 heterocycles. The van der Waals surface area contributed by atoms with E-state index in [4.69, 9.17) is 5.11 Å². The zero-order chi connectivity index (χ0) is 19.1. The summed E-state index contributed by atoms with van der Waals surface area (Å²) in [6, 6.07) is 1.91. The first-order valence-corrected chi connectivity index (χ1v) is 7.94. The first kappa shape index (κ1) is 20.5. The molecule has 0 bridgehead atoms. The Bertz CT molecular complexity index is 629. The predicted molar refractivity (Wildman–Crippen MR) is 87.0 cm³/mol. The van der Waals surface area contributed by atoms with E-state index in [-0.39, 0.29) is 6.54 Å². The fraction of sp³-hybridized carbons (Fsp3) is 0.471. The molecule has 0 aliphatic heterocycles. The van der Waals surface area contributed by atoms with Crippen LogP contribution >= 0.6 is 0 Å². The van der Waals surface area contributed by atoms with Crippen LogP contribution in [0.3, 0.4) is 0 Å². The highest BCUT2D eigenvalue weighted by Crippen LogP contribution is 2.14. The fourth-order valence-corrected chi connectivity index (χ4v) is 2.34. The second kappa shape index (κ2) is 9.10. The Hall–Kier alpha value is -2.51. The molecule has 0 radical (unpaired) electrons. The van der Waals surface area contributed by atoms with Gasteiger partial charge in [0.05, 0.1) is 0 Å². The van der Waals surface area contributed by atoms with E-state index >= 15 is 0 Å². The highest BCUT2D eigenvalue weighted by Gasteiger charge is 2.31. The van der Waals surface area contributed by atoms with Crippen molar-refractivity contribution in [3.05, 3.63) is 35.4 Å². The minimum absolute atomic E-state index is 0.193. The maximum absolute atomic E-state index is 13.7. The van der Waals surface area contributed by atoms with Crippen LogP contribution in [-0.2, 0) is 9.59 Å². The molecule has 0 aliphatic rings. The summed E-state index contributed by atoms with van der Waals surface area (Å²) in [5.41, 5.74) is -0.777. The molecule has 0 aromatic heterocycles. The molecule has 0 aliphatic carbocycles. The van der Waals surface area contributed by atoms with Crippen molar-refractivity contribution in [2.24, 2.45) is 5.92 Å². The van der Waals surface area contributed by atoms with Gasteiger partial charge < -0.3 is 15.3 Å². The molecule has 0 fully saturated rings. The maximum atomic E-state index is 13.7. The average molecular weight is 356 g/mol. The van der Waals surface area contributed by atoms with E-state index in [9.17, 15) is 23.2 Å². The van der Waals surface area contributed by atoms with Gasteiger partial charge in [0, 0.05) is 6.54 Å². The summed E-state index contributed by atoms with van der Waals surface area (Å²) in [6.07, 6.45) is 0.528. The average Bonchev–Trinajstić information content (AvgIpc) is 2.50. The van der Waals surface area contributed by atoms with Crippen LogP contribution < -0.4 is 5.32 Å². The number of halogens is 2. The number of nitrogens with zero attached hydrogens (tertiary/aromatic N) is 1. The number of rotatable bonds is 8. The molecule has 2 N–H and O–H groups in total. The van der Waals surface area contributed by atoms with Crippen molar-refractivity contribution >= 4 is 17.8 Å². The Labute approximate surface area is 144 Å². The molecule has 8 heteroatoms. The van der Waals surface area contributed by atoms with Gasteiger partial charge in [-0.3, -0.25) is 14.4 Å². The van der Waals surface area contributed by atoms with Crippen molar-refractivity contribution in [3.8, 4) is 0 Å². The lowest BCUT2D eigenvalue weighted by atomic mass is 10.0. The molecule has 25 heavy (non-hydrogen) atoms. The lowest BCUT2D eigenvalue weighted by molar-refractivity contribution is -0.145. The lowest BCUT2D eigenvalue weighted by Crippen LogP contribution is -2.52. The molecule has 1 rings (SSSR count). The van der Waals surface area contributed by atoms with Crippen LogP contribution in [0.25, 0.3) is 0 Å². The Morgan fingerprint density at radius 3 is 2.20 bits per heavy atom. The Morgan fingerprint density at radius 2 is 1.76 bits per heavy atom. The molecular formula is C17H22F2N2O4. The number of carbonyl (C=O) groups is 3. The molecule has 2 amide bonds. The van der Waals surface area contributed by atoms with Crippen LogP contribution in [0.1, 0.15) is 37.6 Å². The molecule has 138 valence electrons. The van der Waals surface area contributed by atoms with Gasteiger partial charge in [-0.2, -0.15) is 0 Å². The third-order valence-electron chi connectivity index (χ3n) is 3.54. The van der Waals surface area contributed by atoms with Gasteiger partial charge in [0.15, 0.2) is 0 Å². The van der Waals surface area contributed by atoms with Crippen molar-refractivity contribution < 1.29 is 28.3 Å². The summed E-state index contributed by atoms with van der Waals surface area (Å²) in [7, 11) is 0. The number of benzene rings is 1. The van der Waals surface area contributed by atoms with Crippen molar-refractivity contribution in [2.75, 3.05) is 13.1 Å². The number of carbonyl (C=O) groups excluding carboxylic acids is 2. The van der Waals surface area contributed by atoms with E-state index in [1.807, 2.05) is 0 Å². The summed E-state index contributed by atoms with van der Waals surface area (Å²) in [6.45, 7) is 4.74. The molecule has 0 spiro atoms. The number of carboxylic acids is 1. The highest BCUT2D eigenvalue weighted by atomic mass is 19.1. The molecule has 0 saturated heterocycles. The third-order valence-corrected chi connectivity index (χ3v) is 3.54. The second-order valence-corrected chi connectivity index (χ2v) is 5.95. The summed E-state index contributed by atoms with van der Waals surface area (Å²) in [5.74, 6) is -5.33. The highest BCUT2D eigenvalue weighted by molar-refractivity contribution is 5.98. The van der Waals surface area contributed by atoms with Crippen LogP contribution in [-0.4, -0.2) is 46.9 Å². The number of amides is 2. The molecule has 1 atom stereocenters. The minimum atomic E-state index is -1.18. The van der Waals surface area contributed by atoms with Crippen molar-refractivity contribution in [3.63, 3.8) is 0 Å². The first-order chi connectivity index (χ1) is 11.7. The van der Waals surface area contributed by atoms with Crippen LogP contribution in [0.4, 0.5) is 8.78 Å². The molecule has 1 aromatic carbocycles.